The Bertz CT molecular complexity index is 518. The molecule has 5 heteroatoms. The van der Waals surface area contributed by atoms with Crippen molar-refractivity contribution in [2.24, 2.45) is 11.8 Å². The maximum absolute atomic E-state index is 12.3. The van der Waals surface area contributed by atoms with Crippen molar-refractivity contribution in [1.29, 1.82) is 0 Å². The van der Waals surface area contributed by atoms with Gasteiger partial charge in [-0.3, -0.25) is 4.79 Å². The van der Waals surface area contributed by atoms with Gasteiger partial charge in [0.1, 0.15) is 5.00 Å². The molecule has 2 saturated carbocycles. The number of hydrogen-bond donors (Lipinski definition) is 1. The second-order valence-corrected chi connectivity index (χ2v) is 7.81. The summed E-state index contributed by atoms with van der Waals surface area (Å²) >= 11 is 3.27. The summed E-state index contributed by atoms with van der Waals surface area (Å²) in [6, 6.07) is 0. The molecule has 0 unspecified atom stereocenters. The Kier molecular flexibility index (Phi) is 4.00. The highest BCUT2D eigenvalue weighted by molar-refractivity contribution is 7.99. The molecule has 110 valence electrons. The van der Waals surface area contributed by atoms with Gasteiger partial charge in [-0.15, -0.1) is 23.1 Å². The highest BCUT2D eigenvalue weighted by Crippen LogP contribution is 2.47. The Morgan fingerprint density at radius 1 is 1.40 bits per heavy atom. The van der Waals surface area contributed by atoms with Gasteiger partial charge < -0.3 is 10.6 Å². The van der Waals surface area contributed by atoms with Crippen LogP contribution in [0.15, 0.2) is 4.90 Å². The molecule has 0 aromatic carbocycles. The number of hydrogen-bond acceptors (Lipinski definition) is 5. The number of carbonyl (C=O) groups is 1. The number of Topliss-reactive ketones (excluding diaryl/α,β-unsaturated/α-hetero) is 1. The molecular formula is C15H22N2OS2. The predicted molar refractivity (Wildman–Crippen MR) is 88.2 cm³/mol. The summed E-state index contributed by atoms with van der Waals surface area (Å²) < 4.78 is 0. The summed E-state index contributed by atoms with van der Waals surface area (Å²) in [5, 5.41) is 1.19. The van der Waals surface area contributed by atoms with E-state index >= 15 is 0 Å². The van der Waals surface area contributed by atoms with Crippen LogP contribution in [-0.4, -0.2) is 25.6 Å². The number of nitrogen functional groups attached to an aromatic ring is 1. The second kappa shape index (κ2) is 5.60. The van der Waals surface area contributed by atoms with E-state index < -0.39 is 0 Å². The minimum Gasteiger partial charge on any atom is -0.396 e. The van der Waals surface area contributed by atoms with Crippen LogP contribution in [0.3, 0.4) is 0 Å². The minimum absolute atomic E-state index is 0.246. The topological polar surface area (TPSA) is 46.3 Å². The molecule has 1 aromatic heterocycles. The fourth-order valence-electron chi connectivity index (χ4n) is 2.72. The van der Waals surface area contributed by atoms with Gasteiger partial charge >= 0.3 is 0 Å². The van der Waals surface area contributed by atoms with Crippen molar-refractivity contribution in [3.05, 3.63) is 4.88 Å². The molecule has 2 aliphatic carbocycles. The molecule has 2 N–H and O–H groups in total. The zero-order valence-electron chi connectivity index (χ0n) is 12.1. The fraction of sp³-hybridized carbons (Fsp3) is 0.667. The molecule has 0 aliphatic heterocycles. The van der Waals surface area contributed by atoms with Crippen molar-refractivity contribution in [3.63, 3.8) is 0 Å². The summed E-state index contributed by atoms with van der Waals surface area (Å²) in [6.45, 7) is 1.09. The second-order valence-electron chi connectivity index (χ2n) is 6.00. The average molecular weight is 310 g/mol. The number of rotatable bonds is 6. The first-order chi connectivity index (χ1) is 9.61. The molecule has 0 radical (unpaired) electrons. The lowest BCUT2D eigenvalue weighted by Crippen LogP contribution is -2.29. The number of nitrogens with two attached hydrogens (primary N) is 1. The van der Waals surface area contributed by atoms with Gasteiger partial charge in [0.15, 0.2) is 5.78 Å². The number of carbonyl (C=O) groups excluding carboxylic acids is 1. The zero-order chi connectivity index (χ0) is 14.3. The Hall–Kier alpha value is -0.680. The standard InChI is InChI=1S/C15H22N2OS2/c1-17(8-9-4-3-5-9)15-14(19-2)11(16)13(20-15)12(18)10-6-7-10/h9-10H,3-8,16H2,1-2H3. The summed E-state index contributed by atoms with van der Waals surface area (Å²) in [7, 11) is 2.13. The highest BCUT2D eigenvalue weighted by Gasteiger charge is 2.34. The monoisotopic (exact) mass is 310 g/mol. The Morgan fingerprint density at radius 3 is 2.60 bits per heavy atom. The van der Waals surface area contributed by atoms with Crippen molar-refractivity contribution < 1.29 is 4.79 Å². The quantitative estimate of drug-likeness (QED) is 0.640. The lowest BCUT2D eigenvalue weighted by atomic mass is 9.85. The highest BCUT2D eigenvalue weighted by atomic mass is 32.2. The van der Waals surface area contributed by atoms with Crippen LogP contribution >= 0.6 is 23.1 Å². The lowest BCUT2D eigenvalue weighted by molar-refractivity contribution is 0.0972. The maximum atomic E-state index is 12.3. The minimum atomic E-state index is 0.246. The van der Waals surface area contributed by atoms with E-state index in [0.29, 0.717) is 0 Å². The van der Waals surface area contributed by atoms with Gasteiger partial charge in [0.25, 0.3) is 0 Å². The van der Waals surface area contributed by atoms with Gasteiger partial charge in [0.2, 0.25) is 0 Å². The Balaban J connectivity index is 1.84. The third kappa shape index (κ3) is 2.58. The fourth-order valence-corrected chi connectivity index (χ4v) is 4.92. The number of thiophene rings is 1. The van der Waals surface area contributed by atoms with Gasteiger partial charge in [-0.25, -0.2) is 0 Å². The van der Waals surface area contributed by atoms with Crippen molar-refractivity contribution in [2.75, 3.05) is 30.5 Å². The zero-order valence-corrected chi connectivity index (χ0v) is 13.8. The van der Waals surface area contributed by atoms with E-state index in [2.05, 4.69) is 11.9 Å². The third-order valence-electron chi connectivity index (χ3n) is 4.36. The lowest BCUT2D eigenvalue weighted by Gasteiger charge is -2.31. The van der Waals surface area contributed by atoms with Crippen LogP contribution in [0.1, 0.15) is 41.8 Å². The van der Waals surface area contributed by atoms with Gasteiger partial charge in [-0.05, 0) is 37.9 Å². The molecular weight excluding hydrogens is 288 g/mol. The number of thioether (sulfide) groups is 1. The van der Waals surface area contributed by atoms with Crippen LogP contribution in [0.4, 0.5) is 10.7 Å². The molecule has 20 heavy (non-hydrogen) atoms. The Morgan fingerprint density at radius 2 is 2.10 bits per heavy atom. The number of anilines is 2. The molecule has 2 aliphatic rings. The van der Waals surface area contributed by atoms with E-state index in [9.17, 15) is 4.79 Å². The average Bonchev–Trinajstić information content (AvgIpc) is 3.17. The van der Waals surface area contributed by atoms with Crippen LogP contribution in [0.5, 0.6) is 0 Å². The van der Waals surface area contributed by atoms with Crippen LogP contribution in [0, 0.1) is 11.8 Å². The van der Waals surface area contributed by atoms with Crippen LogP contribution < -0.4 is 10.6 Å². The normalized spacial score (nSPS) is 18.9. The van der Waals surface area contributed by atoms with E-state index in [1.54, 1.807) is 23.1 Å². The largest absolute Gasteiger partial charge is 0.396 e. The molecule has 1 heterocycles. The van der Waals surface area contributed by atoms with Crippen molar-refractivity contribution in [1.82, 2.24) is 0 Å². The summed E-state index contributed by atoms with van der Waals surface area (Å²) in [4.78, 5) is 16.5. The van der Waals surface area contributed by atoms with E-state index in [1.165, 1.54) is 24.3 Å². The molecule has 0 spiro atoms. The maximum Gasteiger partial charge on any atom is 0.178 e. The van der Waals surface area contributed by atoms with E-state index in [4.69, 9.17) is 5.73 Å². The molecule has 3 nitrogen and oxygen atoms in total. The summed E-state index contributed by atoms with van der Waals surface area (Å²) in [6.07, 6.45) is 8.17. The molecule has 0 amide bonds. The number of ketones is 1. The van der Waals surface area contributed by atoms with E-state index in [0.717, 1.165) is 40.8 Å². The molecule has 3 rings (SSSR count). The van der Waals surface area contributed by atoms with Gasteiger partial charge in [-0.2, -0.15) is 0 Å². The molecule has 1 aromatic rings. The molecule has 2 fully saturated rings. The molecule has 0 bridgehead atoms. The van der Waals surface area contributed by atoms with Crippen molar-refractivity contribution in [3.8, 4) is 0 Å². The van der Waals surface area contributed by atoms with Gasteiger partial charge in [-0.1, -0.05) is 6.42 Å². The van der Waals surface area contributed by atoms with Crippen molar-refractivity contribution in [2.45, 2.75) is 37.0 Å². The van der Waals surface area contributed by atoms with Crippen LogP contribution in [-0.2, 0) is 0 Å². The van der Waals surface area contributed by atoms with Crippen LogP contribution in [0.25, 0.3) is 0 Å². The third-order valence-corrected chi connectivity index (χ3v) is 6.65. The Labute approximate surface area is 128 Å². The predicted octanol–water partition coefficient (Wildman–Crippen LogP) is 3.88. The summed E-state index contributed by atoms with van der Waals surface area (Å²) in [5.74, 6) is 1.34. The molecule has 0 saturated heterocycles. The smallest absolute Gasteiger partial charge is 0.178 e. The summed E-state index contributed by atoms with van der Waals surface area (Å²) in [5.41, 5.74) is 6.96. The van der Waals surface area contributed by atoms with Crippen LogP contribution in [0.2, 0.25) is 0 Å². The SMILES string of the molecule is CSc1c(N(C)CC2CCC2)sc(C(=O)C2CC2)c1N. The first-order valence-corrected chi connectivity index (χ1v) is 9.37. The first-order valence-electron chi connectivity index (χ1n) is 7.33. The first kappa shape index (κ1) is 14.3. The van der Waals surface area contributed by atoms with Gasteiger partial charge in [0.05, 0.1) is 15.5 Å². The van der Waals surface area contributed by atoms with E-state index in [-0.39, 0.29) is 11.7 Å². The number of nitrogens with zero attached hydrogens (tertiary/aromatic N) is 1. The molecule has 0 atom stereocenters. The van der Waals surface area contributed by atoms with Crippen molar-refractivity contribution >= 4 is 39.6 Å². The van der Waals surface area contributed by atoms with E-state index in [1.807, 2.05) is 6.26 Å². The van der Waals surface area contributed by atoms with Gasteiger partial charge in [0, 0.05) is 19.5 Å².